The number of amides is 1. The third-order valence-electron chi connectivity index (χ3n) is 2.37. The van der Waals surface area contributed by atoms with Crippen LogP contribution in [0.2, 0.25) is 0 Å². The number of carbonyl (C=O) groups excluding carboxylic acids is 1. The molecule has 0 bridgehead atoms. The summed E-state index contributed by atoms with van der Waals surface area (Å²) in [5.41, 5.74) is 0.818. The first-order valence-electron chi connectivity index (χ1n) is 5.51. The smallest absolute Gasteiger partial charge is 0.220 e. The Morgan fingerprint density at radius 2 is 2.41 bits per heavy atom. The minimum Gasteiger partial charge on any atom is -0.451 e. The van der Waals surface area contributed by atoms with Crippen molar-refractivity contribution in [2.45, 2.75) is 19.3 Å². The van der Waals surface area contributed by atoms with Gasteiger partial charge >= 0.3 is 0 Å². The molecule has 0 aliphatic heterocycles. The Hall–Kier alpha value is -1.62. The van der Waals surface area contributed by atoms with Crippen LogP contribution in [0.3, 0.4) is 0 Å². The molecule has 4 nitrogen and oxygen atoms in total. The highest BCUT2D eigenvalue weighted by Gasteiger charge is 2.03. The topological polar surface area (TPSA) is 55.1 Å². The molecule has 0 aromatic carbocycles. The number of aryl methyl sites for hydroxylation is 1. The van der Waals surface area contributed by atoms with Gasteiger partial charge in [-0.3, -0.25) is 4.79 Å². The van der Waals surface area contributed by atoms with Crippen molar-refractivity contribution in [1.82, 2.24) is 10.3 Å². The molecule has 0 aliphatic rings. The van der Waals surface area contributed by atoms with Crippen LogP contribution in [0.1, 0.15) is 17.0 Å². The Morgan fingerprint density at radius 3 is 3.12 bits per heavy atom. The fraction of sp³-hybridized carbons (Fsp3) is 0.333. The maximum Gasteiger partial charge on any atom is 0.220 e. The minimum absolute atomic E-state index is 0.0598. The molecule has 0 radical (unpaired) electrons. The van der Waals surface area contributed by atoms with Crippen molar-refractivity contribution < 1.29 is 9.21 Å². The minimum atomic E-state index is 0.0598. The van der Waals surface area contributed by atoms with Crippen LogP contribution < -0.4 is 5.32 Å². The van der Waals surface area contributed by atoms with Crippen molar-refractivity contribution in [2.24, 2.45) is 0 Å². The molecule has 2 heterocycles. The average Bonchev–Trinajstić information content (AvgIpc) is 2.99. The lowest BCUT2D eigenvalue weighted by Gasteiger charge is -2.02. The van der Waals surface area contributed by atoms with Crippen LogP contribution >= 0.6 is 11.3 Å². The molecule has 0 spiro atoms. The average molecular weight is 250 g/mol. The second-order valence-electron chi connectivity index (χ2n) is 3.66. The molecule has 90 valence electrons. The number of rotatable bonds is 6. The van der Waals surface area contributed by atoms with E-state index in [2.05, 4.69) is 16.4 Å². The van der Waals surface area contributed by atoms with Gasteiger partial charge in [-0.2, -0.15) is 0 Å². The maximum absolute atomic E-state index is 11.5. The first-order valence-corrected chi connectivity index (χ1v) is 6.39. The van der Waals surface area contributed by atoms with E-state index in [4.69, 9.17) is 4.42 Å². The molecule has 1 N–H and O–H groups in total. The highest BCUT2D eigenvalue weighted by atomic mass is 32.1. The standard InChI is InChI=1S/C12H14N2O2S/c15-12(4-3-10-8-16-9-14-10)13-6-5-11-2-1-7-17-11/h1-2,7-9H,3-6H2,(H,13,15). The van der Waals surface area contributed by atoms with Gasteiger partial charge in [0.25, 0.3) is 0 Å². The highest BCUT2D eigenvalue weighted by molar-refractivity contribution is 7.09. The number of carbonyl (C=O) groups is 1. The Kier molecular flexibility index (Phi) is 4.32. The number of nitrogens with one attached hydrogen (secondary N) is 1. The summed E-state index contributed by atoms with van der Waals surface area (Å²) in [4.78, 5) is 16.8. The van der Waals surface area contributed by atoms with Gasteiger partial charge in [0.1, 0.15) is 6.26 Å². The predicted molar refractivity (Wildman–Crippen MR) is 65.9 cm³/mol. The summed E-state index contributed by atoms with van der Waals surface area (Å²) in [5.74, 6) is 0.0598. The molecule has 17 heavy (non-hydrogen) atoms. The number of hydrogen-bond donors (Lipinski definition) is 1. The summed E-state index contributed by atoms with van der Waals surface area (Å²) in [5, 5.41) is 4.94. The van der Waals surface area contributed by atoms with Crippen LogP contribution in [0.4, 0.5) is 0 Å². The van der Waals surface area contributed by atoms with Gasteiger partial charge in [-0.05, 0) is 17.9 Å². The van der Waals surface area contributed by atoms with Gasteiger partial charge in [0.15, 0.2) is 6.39 Å². The van der Waals surface area contributed by atoms with Crippen LogP contribution in [0.5, 0.6) is 0 Å². The Labute approximate surface area is 104 Å². The fourth-order valence-electron chi connectivity index (χ4n) is 1.47. The molecule has 0 fully saturated rings. The monoisotopic (exact) mass is 250 g/mol. The molecule has 5 heteroatoms. The number of hydrogen-bond acceptors (Lipinski definition) is 4. The van der Waals surface area contributed by atoms with Crippen LogP contribution in [0, 0.1) is 0 Å². The summed E-state index contributed by atoms with van der Waals surface area (Å²) in [7, 11) is 0. The van der Waals surface area contributed by atoms with Gasteiger partial charge in [-0.15, -0.1) is 11.3 Å². The lowest BCUT2D eigenvalue weighted by molar-refractivity contribution is -0.121. The lowest BCUT2D eigenvalue weighted by atomic mass is 10.2. The van der Waals surface area contributed by atoms with Crippen molar-refractivity contribution in [3.63, 3.8) is 0 Å². The third-order valence-corrected chi connectivity index (χ3v) is 3.30. The number of oxazole rings is 1. The SMILES string of the molecule is O=C(CCc1cocn1)NCCc1cccs1. The van der Waals surface area contributed by atoms with Crippen molar-refractivity contribution in [3.05, 3.63) is 40.7 Å². The van der Waals surface area contributed by atoms with E-state index < -0.39 is 0 Å². The highest BCUT2D eigenvalue weighted by Crippen LogP contribution is 2.08. The second-order valence-corrected chi connectivity index (χ2v) is 4.69. The van der Waals surface area contributed by atoms with Crippen LogP contribution in [0.25, 0.3) is 0 Å². The molecular weight excluding hydrogens is 236 g/mol. The first kappa shape index (κ1) is 11.9. The summed E-state index contributed by atoms with van der Waals surface area (Å²) < 4.78 is 4.84. The molecule has 2 aromatic heterocycles. The van der Waals surface area contributed by atoms with E-state index in [1.54, 1.807) is 17.6 Å². The van der Waals surface area contributed by atoms with E-state index in [0.29, 0.717) is 19.4 Å². The maximum atomic E-state index is 11.5. The van der Waals surface area contributed by atoms with Gasteiger partial charge in [-0.25, -0.2) is 4.98 Å². The molecule has 0 unspecified atom stereocenters. The second kappa shape index (κ2) is 6.20. The largest absolute Gasteiger partial charge is 0.451 e. The van der Waals surface area contributed by atoms with Gasteiger partial charge < -0.3 is 9.73 Å². The molecule has 2 rings (SSSR count). The summed E-state index contributed by atoms with van der Waals surface area (Å²) in [6.45, 7) is 0.693. The summed E-state index contributed by atoms with van der Waals surface area (Å²) >= 11 is 1.71. The molecule has 2 aromatic rings. The predicted octanol–water partition coefficient (Wildman–Crippen LogP) is 2.03. The Morgan fingerprint density at radius 1 is 1.47 bits per heavy atom. The first-order chi connectivity index (χ1) is 8.34. The summed E-state index contributed by atoms with van der Waals surface area (Å²) in [6, 6.07) is 4.10. The molecule has 0 saturated heterocycles. The van der Waals surface area contributed by atoms with E-state index in [0.717, 1.165) is 12.1 Å². The van der Waals surface area contributed by atoms with E-state index >= 15 is 0 Å². The zero-order chi connectivity index (χ0) is 11.9. The van der Waals surface area contributed by atoms with E-state index in [9.17, 15) is 4.79 Å². The van der Waals surface area contributed by atoms with Gasteiger partial charge in [-0.1, -0.05) is 6.07 Å². The molecule has 0 atom stereocenters. The summed E-state index contributed by atoms with van der Waals surface area (Å²) in [6.07, 6.45) is 4.93. The van der Waals surface area contributed by atoms with Crippen molar-refractivity contribution in [3.8, 4) is 0 Å². The number of aromatic nitrogens is 1. The molecule has 0 aliphatic carbocycles. The normalized spacial score (nSPS) is 10.4. The zero-order valence-corrected chi connectivity index (χ0v) is 10.2. The Balaban J connectivity index is 1.61. The van der Waals surface area contributed by atoms with E-state index in [1.807, 2.05) is 11.4 Å². The molecule has 1 amide bonds. The fourth-order valence-corrected chi connectivity index (χ4v) is 2.18. The van der Waals surface area contributed by atoms with Crippen molar-refractivity contribution in [1.29, 1.82) is 0 Å². The zero-order valence-electron chi connectivity index (χ0n) is 9.39. The molecular formula is C12H14N2O2S. The quantitative estimate of drug-likeness (QED) is 0.853. The van der Waals surface area contributed by atoms with Gasteiger partial charge in [0, 0.05) is 24.3 Å². The molecule has 0 saturated carbocycles. The van der Waals surface area contributed by atoms with Crippen LogP contribution in [-0.2, 0) is 17.6 Å². The number of nitrogens with zero attached hydrogens (tertiary/aromatic N) is 1. The number of thiophene rings is 1. The van der Waals surface area contributed by atoms with Gasteiger partial charge in [0.05, 0.1) is 5.69 Å². The van der Waals surface area contributed by atoms with Crippen LogP contribution in [-0.4, -0.2) is 17.4 Å². The van der Waals surface area contributed by atoms with E-state index in [1.165, 1.54) is 11.3 Å². The van der Waals surface area contributed by atoms with Crippen molar-refractivity contribution in [2.75, 3.05) is 6.54 Å². The third kappa shape index (κ3) is 4.03. The lowest BCUT2D eigenvalue weighted by Crippen LogP contribution is -2.25. The van der Waals surface area contributed by atoms with Gasteiger partial charge in [0.2, 0.25) is 5.91 Å². The Bertz CT molecular complexity index is 437. The van der Waals surface area contributed by atoms with E-state index in [-0.39, 0.29) is 5.91 Å². The van der Waals surface area contributed by atoms with Crippen LogP contribution in [0.15, 0.2) is 34.6 Å². The van der Waals surface area contributed by atoms with Crippen molar-refractivity contribution >= 4 is 17.2 Å².